The highest BCUT2D eigenvalue weighted by atomic mass is 79.9. The predicted octanol–water partition coefficient (Wildman–Crippen LogP) is 3.37. The van der Waals surface area contributed by atoms with E-state index in [1.54, 1.807) is 6.07 Å². The minimum atomic E-state index is -0.456. The maximum atomic E-state index is 10.7. The lowest BCUT2D eigenvalue weighted by atomic mass is 10.2. The zero-order chi connectivity index (χ0) is 14.5. The Morgan fingerprint density at radius 3 is 2.85 bits per heavy atom. The number of halogens is 1. The van der Waals surface area contributed by atoms with Crippen molar-refractivity contribution in [2.24, 2.45) is 0 Å². The monoisotopic (exact) mass is 337 g/mol. The first-order chi connectivity index (χ1) is 9.60. The number of hydrogen-bond donors (Lipinski definition) is 1. The number of non-ortho nitro benzene ring substituents is 1. The van der Waals surface area contributed by atoms with Gasteiger partial charge in [0.25, 0.3) is 5.69 Å². The Labute approximate surface area is 124 Å². The number of nitrogens with one attached hydrogen (secondary N) is 1. The smallest absolute Gasteiger partial charge is 0.273 e. The molecule has 0 fully saturated rings. The van der Waals surface area contributed by atoms with E-state index in [1.165, 1.54) is 19.2 Å². The molecular weight excluding hydrogens is 326 g/mol. The van der Waals surface area contributed by atoms with Crippen molar-refractivity contribution < 1.29 is 9.66 Å². The molecule has 0 aliphatic heterocycles. The third kappa shape index (κ3) is 3.45. The van der Waals surface area contributed by atoms with Crippen LogP contribution in [-0.2, 0) is 6.54 Å². The van der Waals surface area contributed by atoms with Crippen LogP contribution in [0.2, 0.25) is 0 Å². The van der Waals surface area contributed by atoms with Gasteiger partial charge in [-0.2, -0.15) is 0 Å². The highest BCUT2D eigenvalue weighted by molar-refractivity contribution is 9.10. The summed E-state index contributed by atoms with van der Waals surface area (Å²) in [5.74, 6) is 0.425. The molecule has 0 spiro atoms. The molecule has 20 heavy (non-hydrogen) atoms. The van der Waals surface area contributed by atoms with Gasteiger partial charge in [-0.3, -0.25) is 10.1 Å². The number of nitro benzene ring substituents is 1. The first kappa shape index (κ1) is 14.3. The molecule has 0 aliphatic rings. The number of ether oxygens (including phenoxy) is 1. The molecule has 1 N–H and O–H groups in total. The van der Waals surface area contributed by atoms with Crippen molar-refractivity contribution >= 4 is 27.3 Å². The molecule has 0 unspecified atom stereocenters. The molecule has 0 radical (unpaired) electrons. The van der Waals surface area contributed by atoms with E-state index in [9.17, 15) is 10.1 Å². The zero-order valence-corrected chi connectivity index (χ0v) is 12.3. The number of nitro groups is 1. The lowest BCUT2D eigenvalue weighted by molar-refractivity contribution is -0.384. The van der Waals surface area contributed by atoms with Crippen LogP contribution in [0.1, 0.15) is 5.69 Å². The van der Waals surface area contributed by atoms with Crippen molar-refractivity contribution in [1.29, 1.82) is 0 Å². The summed E-state index contributed by atoms with van der Waals surface area (Å²) in [6.07, 6.45) is 0. The molecule has 1 aromatic heterocycles. The standard InChI is InChI=1S/C13H12BrN3O3/c1-20-12-7-10(17(18)19)5-6-11(12)15-8-9-3-2-4-13(14)16-9/h2-7,15H,8H2,1H3. The van der Waals surface area contributed by atoms with Gasteiger partial charge in [0.2, 0.25) is 0 Å². The van der Waals surface area contributed by atoms with Crippen LogP contribution in [0, 0.1) is 10.1 Å². The second-order valence-corrected chi connectivity index (χ2v) is 4.76. The van der Waals surface area contributed by atoms with Crippen molar-refractivity contribution in [3.8, 4) is 5.75 Å². The fourth-order valence-electron chi connectivity index (χ4n) is 1.67. The molecule has 104 valence electrons. The van der Waals surface area contributed by atoms with Crippen molar-refractivity contribution in [3.05, 3.63) is 56.8 Å². The summed E-state index contributed by atoms with van der Waals surface area (Å²) in [4.78, 5) is 14.6. The fourth-order valence-corrected chi connectivity index (χ4v) is 2.05. The number of methoxy groups -OCH3 is 1. The molecule has 0 atom stereocenters. The van der Waals surface area contributed by atoms with E-state index in [4.69, 9.17) is 4.74 Å². The first-order valence-corrected chi connectivity index (χ1v) is 6.57. The quantitative estimate of drug-likeness (QED) is 0.514. The number of nitrogens with zero attached hydrogens (tertiary/aromatic N) is 2. The van der Waals surface area contributed by atoms with Crippen molar-refractivity contribution in [3.63, 3.8) is 0 Å². The molecule has 6 nitrogen and oxygen atoms in total. The summed E-state index contributed by atoms with van der Waals surface area (Å²) >= 11 is 3.30. The number of hydrogen-bond acceptors (Lipinski definition) is 5. The van der Waals surface area contributed by atoms with Crippen LogP contribution >= 0.6 is 15.9 Å². The minimum absolute atomic E-state index is 0.00650. The van der Waals surface area contributed by atoms with Crippen LogP contribution in [0.15, 0.2) is 41.0 Å². The Balaban J connectivity index is 2.15. The molecule has 0 aliphatic carbocycles. The molecule has 1 heterocycles. The van der Waals surface area contributed by atoms with E-state index in [2.05, 4.69) is 26.2 Å². The Morgan fingerprint density at radius 1 is 1.40 bits per heavy atom. The first-order valence-electron chi connectivity index (χ1n) is 5.78. The van der Waals surface area contributed by atoms with Gasteiger partial charge in [-0.15, -0.1) is 0 Å². The Morgan fingerprint density at radius 2 is 2.20 bits per heavy atom. The van der Waals surface area contributed by atoms with E-state index in [1.807, 2.05) is 18.2 Å². The van der Waals surface area contributed by atoms with Gasteiger partial charge < -0.3 is 10.1 Å². The lowest BCUT2D eigenvalue weighted by Gasteiger charge is -2.10. The van der Waals surface area contributed by atoms with Crippen LogP contribution in [0.25, 0.3) is 0 Å². The fraction of sp³-hybridized carbons (Fsp3) is 0.154. The van der Waals surface area contributed by atoms with Gasteiger partial charge >= 0.3 is 0 Å². The van der Waals surface area contributed by atoms with Gasteiger partial charge in [0.1, 0.15) is 10.4 Å². The van der Waals surface area contributed by atoms with Crippen molar-refractivity contribution in [2.45, 2.75) is 6.54 Å². The molecule has 1 aromatic carbocycles. The predicted molar refractivity (Wildman–Crippen MR) is 78.9 cm³/mol. The average Bonchev–Trinajstić information content (AvgIpc) is 2.45. The van der Waals surface area contributed by atoms with Gasteiger partial charge in [0, 0.05) is 6.07 Å². The van der Waals surface area contributed by atoms with Crippen LogP contribution in [-0.4, -0.2) is 17.0 Å². The molecule has 0 amide bonds. The third-order valence-corrected chi connectivity index (χ3v) is 3.07. The molecule has 0 saturated carbocycles. The van der Waals surface area contributed by atoms with Gasteiger partial charge in [-0.25, -0.2) is 4.98 Å². The van der Waals surface area contributed by atoms with Crippen molar-refractivity contribution in [2.75, 3.05) is 12.4 Å². The largest absolute Gasteiger partial charge is 0.494 e. The summed E-state index contributed by atoms with van der Waals surface area (Å²) in [5, 5.41) is 13.9. The van der Waals surface area contributed by atoms with Gasteiger partial charge in [0.05, 0.1) is 36.0 Å². The van der Waals surface area contributed by atoms with E-state index in [-0.39, 0.29) is 5.69 Å². The highest BCUT2D eigenvalue weighted by Crippen LogP contribution is 2.29. The number of aromatic nitrogens is 1. The van der Waals surface area contributed by atoms with E-state index < -0.39 is 4.92 Å². The van der Waals surface area contributed by atoms with Crippen LogP contribution in [0.3, 0.4) is 0 Å². The normalized spacial score (nSPS) is 10.1. The summed E-state index contributed by atoms with van der Waals surface area (Å²) < 4.78 is 5.91. The Bertz CT molecular complexity index is 634. The molecular formula is C13H12BrN3O3. The van der Waals surface area contributed by atoms with Gasteiger partial charge in [-0.1, -0.05) is 6.07 Å². The van der Waals surface area contributed by atoms with E-state index in [0.29, 0.717) is 18.0 Å². The maximum absolute atomic E-state index is 10.7. The zero-order valence-electron chi connectivity index (χ0n) is 10.7. The molecule has 0 bridgehead atoms. The number of rotatable bonds is 5. The highest BCUT2D eigenvalue weighted by Gasteiger charge is 2.11. The Hall–Kier alpha value is -2.15. The summed E-state index contributed by atoms with van der Waals surface area (Å²) in [5.41, 5.74) is 1.52. The summed E-state index contributed by atoms with van der Waals surface area (Å²) in [6, 6.07) is 10.1. The minimum Gasteiger partial charge on any atom is -0.494 e. The van der Waals surface area contributed by atoms with Gasteiger partial charge in [0.15, 0.2) is 0 Å². The van der Waals surface area contributed by atoms with Crippen molar-refractivity contribution in [1.82, 2.24) is 4.98 Å². The average molecular weight is 338 g/mol. The third-order valence-electron chi connectivity index (χ3n) is 2.63. The molecule has 2 aromatic rings. The van der Waals surface area contributed by atoms with Gasteiger partial charge in [-0.05, 0) is 34.1 Å². The number of benzene rings is 1. The number of pyridine rings is 1. The number of anilines is 1. The Kier molecular flexibility index (Phi) is 4.52. The SMILES string of the molecule is COc1cc([N+](=O)[O-])ccc1NCc1cccc(Br)n1. The molecule has 2 rings (SSSR count). The molecule has 7 heteroatoms. The summed E-state index contributed by atoms with van der Waals surface area (Å²) in [6.45, 7) is 0.494. The second-order valence-electron chi connectivity index (χ2n) is 3.95. The molecule has 0 saturated heterocycles. The topological polar surface area (TPSA) is 77.3 Å². The van der Waals surface area contributed by atoms with E-state index in [0.717, 1.165) is 10.3 Å². The maximum Gasteiger partial charge on any atom is 0.273 e. The second kappa shape index (κ2) is 6.33. The lowest BCUT2D eigenvalue weighted by Crippen LogP contribution is -2.03. The van der Waals surface area contributed by atoms with Crippen LogP contribution in [0.5, 0.6) is 5.75 Å². The van der Waals surface area contributed by atoms with E-state index >= 15 is 0 Å². The van der Waals surface area contributed by atoms with Crippen LogP contribution in [0.4, 0.5) is 11.4 Å². The summed E-state index contributed by atoms with van der Waals surface area (Å²) in [7, 11) is 1.47. The van der Waals surface area contributed by atoms with Crippen LogP contribution < -0.4 is 10.1 Å².